The van der Waals surface area contributed by atoms with Crippen LogP contribution in [-0.2, 0) is 30.9 Å². The Kier molecular flexibility index (Phi) is 6.93. The van der Waals surface area contributed by atoms with Crippen molar-refractivity contribution in [2.75, 3.05) is 27.7 Å². The molecule has 6 heteroatoms. The molecule has 3 aromatic rings. The molecule has 1 atom stereocenters. The number of benzene rings is 2. The van der Waals surface area contributed by atoms with Crippen molar-refractivity contribution in [3.05, 3.63) is 82.8 Å². The summed E-state index contributed by atoms with van der Waals surface area (Å²) in [5.41, 5.74) is 3.21. The molecule has 6 nitrogen and oxygen atoms in total. The normalized spacial score (nSPS) is 14.8. The summed E-state index contributed by atoms with van der Waals surface area (Å²) in [6, 6.07) is 17.5. The van der Waals surface area contributed by atoms with E-state index >= 15 is 0 Å². The summed E-state index contributed by atoms with van der Waals surface area (Å²) < 4.78 is 17.6. The van der Waals surface area contributed by atoms with Gasteiger partial charge in [-0.15, -0.1) is 0 Å². The van der Waals surface area contributed by atoms with Crippen LogP contribution >= 0.6 is 0 Å². The number of hydrogen-bond donors (Lipinski definition) is 0. The lowest BCUT2D eigenvalue weighted by molar-refractivity contribution is -0.113. The van der Waals surface area contributed by atoms with Crippen LogP contribution in [0.2, 0.25) is 0 Å². The molecule has 2 heterocycles. The average Bonchev–Trinajstić information content (AvgIpc) is 3.20. The molecule has 0 radical (unpaired) electrons. The molecule has 1 aliphatic rings. The van der Waals surface area contributed by atoms with Crippen molar-refractivity contribution in [2.24, 2.45) is 0 Å². The molecule has 0 N–H and O–H groups in total. The lowest BCUT2D eigenvalue weighted by Gasteiger charge is -2.31. The van der Waals surface area contributed by atoms with Gasteiger partial charge in [0.15, 0.2) is 11.5 Å². The van der Waals surface area contributed by atoms with Crippen molar-refractivity contribution >= 4 is 6.29 Å². The molecule has 2 aromatic carbocycles. The van der Waals surface area contributed by atoms with Crippen LogP contribution in [0.25, 0.3) is 0 Å². The third kappa shape index (κ3) is 5.03. The van der Waals surface area contributed by atoms with Crippen molar-refractivity contribution in [2.45, 2.75) is 32.2 Å². The summed E-state index contributed by atoms with van der Waals surface area (Å²) in [4.78, 5) is 16.3. The molecule has 1 aliphatic heterocycles. The first-order valence-electron chi connectivity index (χ1n) is 10.9. The summed E-state index contributed by atoms with van der Waals surface area (Å²) in [6.45, 7) is 2.63. The molecule has 32 heavy (non-hydrogen) atoms. The maximum absolute atomic E-state index is 12.1. The molecule has 0 aliphatic carbocycles. The quantitative estimate of drug-likeness (QED) is 0.470. The Bertz CT molecular complexity index is 1050. The summed E-state index contributed by atoms with van der Waals surface area (Å²) >= 11 is 0. The zero-order chi connectivity index (χ0) is 22.5. The van der Waals surface area contributed by atoms with Crippen LogP contribution in [-0.4, -0.2) is 43.8 Å². The van der Waals surface area contributed by atoms with Crippen molar-refractivity contribution in [3.8, 4) is 11.5 Å². The second kappa shape index (κ2) is 10.0. The van der Waals surface area contributed by atoms with E-state index in [0.717, 1.165) is 48.4 Å². The largest absolute Gasteiger partial charge is 0.493 e. The highest BCUT2D eigenvalue weighted by molar-refractivity contribution is 5.63. The Hall–Kier alpha value is -3.09. The van der Waals surface area contributed by atoms with Gasteiger partial charge in [0, 0.05) is 6.54 Å². The summed E-state index contributed by atoms with van der Waals surface area (Å²) in [5.74, 6) is 3.19. The monoisotopic (exact) mass is 434 g/mol. The van der Waals surface area contributed by atoms with E-state index in [2.05, 4.69) is 15.9 Å². The summed E-state index contributed by atoms with van der Waals surface area (Å²) in [6.07, 6.45) is 1.86. The van der Waals surface area contributed by atoms with Crippen molar-refractivity contribution in [3.63, 3.8) is 0 Å². The SMILES string of the molecule is COc1cc(C(C=O)N2CCc3cc(CN(C)C)oc3C2)ccc1OCc1ccccc1. The van der Waals surface area contributed by atoms with Gasteiger partial charge >= 0.3 is 0 Å². The van der Waals surface area contributed by atoms with Gasteiger partial charge in [-0.25, -0.2) is 0 Å². The fraction of sp³-hybridized carbons (Fsp3) is 0.346. The predicted octanol–water partition coefficient (Wildman–Crippen LogP) is 4.23. The molecule has 0 spiro atoms. The number of aldehydes is 1. The van der Waals surface area contributed by atoms with Gasteiger partial charge in [0.1, 0.15) is 24.4 Å². The first kappa shape index (κ1) is 22.1. The van der Waals surface area contributed by atoms with E-state index in [9.17, 15) is 4.79 Å². The number of methoxy groups -OCH3 is 1. The smallest absolute Gasteiger partial charge is 0.161 e. The highest BCUT2D eigenvalue weighted by Gasteiger charge is 2.28. The van der Waals surface area contributed by atoms with E-state index in [0.29, 0.717) is 24.7 Å². The first-order valence-corrected chi connectivity index (χ1v) is 10.9. The number of fused-ring (bicyclic) bond motifs is 1. The van der Waals surface area contributed by atoms with E-state index in [-0.39, 0.29) is 6.04 Å². The highest BCUT2D eigenvalue weighted by Crippen LogP contribution is 2.34. The third-order valence-corrected chi connectivity index (χ3v) is 5.72. The molecular formula is C26H30N2O4. The second-order valence-electron chi connectivity index (χ2n) is 8.38. The Balaban J connectivity index is 1.49. The Labute approximate surface area is 189 Å². The number of nitrogens with zero attached hydrogens (tertiary/aromatic N) is 2. The minimum atomic E-state index is -0.373. The van der Waals surface area contributed by atoms with Crippen LogP contribution in [0.4, 0.5) is 0 Å². The van der Waals surface area contributed by atoms with Gasteiger partial charge in [0.25, 0.3) is 0 Å². The Morgan fingerprint density at radius 1 is 1.12 bits per heavy atom. The van der Waals surface area contributed by atoms with Crippen molar-refractivity contribution < 1.29 is 18.7 Å². The molecule has 0 fully saturated rings. The van der Waals surface area contributed by atoms with E-state index in [1.54, 1.807) is 7.11 Å². The minimum Gasteiger partial charge on any atom is -0.493 e. The molecule has 4 rings (SSSR count). The van der Waals surface area contributed by atoms with Crippen LogP contribution in [0.15, 0.2) is 59.0 Å². The van der Waals surface area contributed by atoms with Crippen LogP contribution < -0.4 is 9.47 Å². The molecule has 0 saturated carbocycles. The van der Waals surface area contributed by atoms with Gasteiger partial charge in [0.05, 0.1) is 26.2 Å². The van der Waals surface area contributed by atoms with Crippen LogP contribution in [0.1, 0.15) is 34.3 Å². The standard InChI is InChI=1S/C26H30N2O4/c1-27(2)15-22-13-21-11-12-28(16-26(21)32-22)23(17-29)20-9-10-24(25(14-20)30-3)31-18-19-7-5-4-6-8-19/h4-10,13-14,17,23H,11-12,15-16,18H2,1-3H3. The molecule has 168 valence electrons. The zero-order valence-corrected chi connectivity index (χ0v) is 18.9. The average molecular weight is 435 g/mol. The highest BCUT2D eigenvalue weighted by atomic mass is 16.5. The van der Waals surface area contributed by atoms with E-state index in [1.165, 1.54) is 5.56 Å². The molecule has 0 amide bonds. The second-order valence-corrected chi connectivity index (χ2v) is 8.38. The Morgan fingerprint density at radius 2 is 1.94 bits per heavy atom. The number of carbonyl (C=O) groups is 1. The number of ether oxygens (including phenoxy) is 2. The van der Waals surface area contributed by atoms with Crippen LogP contribution in [0, 0.1) is 0 Å². The first-order chi connectivity index (χ1) is 15.6. The van der Waals surface area contributed by atoms with Gasteiger partial charge in [-0.3, -0.25) is 4.90 Å². The zero-order valence-electron chi connectivity index (χ0n) is 18.9. The van der Waals surface area contributed by atoms with E-state index in [4.69, 9.17) is 13.9 Å². The number of carbonyl (C=O) groups excluding carboxylic acids is 1. The summed E-state index contributed by atoms with van der Waals surface area (Å²) in [5, 5.41) is 0. The third-order valence-electron chi connectivity index (χ3n) is 5.72. The molecule has 0 saturated heterocycles. The number of furan rings is 1. The maximum Gasteiger partial charge on any atom is 0.161 e. The van der Waals surface area contributed by atoms with Crippen molar-refractivity contribution in [1.29, 1.82) is 0 Å². The fourth-order valence-electron chi connectivity index (χ4n) is 4.13. The van der Waals surface area contributed by atoms with Crippen LogP contribution in [0.5, 0.6) is 11.5 Å². The minimum absolute atomic E-state index is 0.373. The number of hydrogen-bond acceptors (Lipinski definition) is 6. The van der Waals surface area contributed by atoms with Gasteiger partial charge < -0.3 is 23.6 Å². The van der Waals surface area contributed by atoms with E-state index < -0.39 is 0 Å². The van der Waals surface area contributed by atoms with Gasteiger partial charge in [-0.05, 0) is 55.4 Å². The fourth-order valence-corrected chi connectivity index (χ4v) is 4.13. The topological polar surface area (TPSA) is 55.2 Å². The molecule has 1 aromatic heterocycles. The lowest BCUT2D eigenvalue weighted by Crippen LogP contribution is -2.34. The number of rotatable bonds is 9. The van der Waals surface area contributed by atoms with Gasteiger partial charge in [-0.1, -0.05) is 36.4 Å². The molecule has 0 bridgehead atoms. The Morgan fingerprint density at radius 3 is 2.66 bits per heavy atom. The maximum atomic E-state index is 12.1. The molecule has 1 unspecified atom stereocenters. The van der Waals surface area contributed by atoms with Crippen molar-refractivity contribution in [1.82, 2.24) is 9.80 Å². The summed E-state index contributed by atoms with van der Waals surface area (Å²) in [7, 11) is 5.67. The predicted molar refractivity (Wildman–Crippen MR) is 123 cm³/mol. The van der Waals surface area contributed by atoms with Gasteiger partial charge in [-0.2, -0.15) is 0 Å². The lowest BCUT2D eigenvalue weighted by atomic mass is 10.0. The van der Waals surface area contributed by atoms with Gasteiger partial charge in [0.2, 0.25) is 0 Å². The van der Waals surface area contributed by atoms with E-state index in [1.807, 2.05) is 62.6 Å². The van der Waals surface area contributed by atoms with Crippen LogP contribution in [0.3, 0.4) is 0 Å². The molecular weight excluding hydrogens is 404 g/mol.